The Balaban J connectivity index is 1.25. The molecule has 1 unspecified atom stereocenters. The molecule has 9 heteroatoms. The van der Waals surface area contributed by atoms with E-state index in [9.17, 15) is 19.5 Å². The number of aliphatic carboxylic acids is 1. The Hall–Kier alpha value is -2.84. The Morgan fingerprint density at radius 2 is 1.61 bits per heavy atom. The van der Waals surface area contributed by atoms with Crippen LogP contribution in [0.4, 0.5) is 0 Å². The number of likely N-dealkylation sites (N-methyl/N-ethyl adjacent to an activating group) is 1. The number of carboxylic acid groups (broad SMARTS) is 1. The topological polar surface area (TPSA) is 93.8 Å². The highest BCUT2D eigenvalue weighted by molar-refractivity contribution is 6.30. The van der Waals surface area contributed by atoms with E-state index < -0.39 is 17.4 Å². The lowest BCUT2D eigenvalue weighted by Crippen LogP contribution is -2.66. The van der Waals surface area contributed by atoms with Crippen LogP contribution in [0.3, 0.4) is 0 Å². The average Bonchev–Trinajstić information content (AvgIpc) is 3.67. The van der Waals surface area contributed by atoms with Crippen LogP contribution >= 0.6 is 11.6 Å². The van der Waals surface area contributed by atoms with Gasteiger partial charge in [-0.15, -0.1) is 0 Å². The molecule has 4 saturated carbocycles. The Bertz CT molecular complexity index is 1990. The third-order valence-corrected chi connectivity index (χ3v) is 17.6. The van der Waals surface area contributed by atoms with Crippen LogP contribution in [-0.4, -0.2) is 58.1 Å². The molecule has 4 fully saturated rings. The summed E-state index contributed by atoms with van der Waals surface area (Å²) < 4.78 is 10.5. The second kappa shape index (κ2) is 14.4. The third kappa shape index (κ3) is 6.51. The summed E-state index contributed by atoms with van der Waals surface area (Å²) >= 11 is 6.33. The number of hydrogen-bond donors (Lipinski definition) is 1. The zero-order valence-corrected chi connectivity index (χ0v) is 37.5. The largest absolute Gasteiger partial charge is 0.481 e. The number of aromatic nitrogens is 2. The molecular formula is C48H70ClN3O5. The summed E-state index contributed by atoms with van der Waals surface area (Å²) in [7, 11) is 4.21. The summed E-state index contributed by atoms with van der Waals surface area (Å²) in [6.45, 7) is 22.0. The second-order valence-corrected chi connectivity index (χ2v) is 22.0. The fourth-order valence-corrected chi connectivity index (χ4v) is 14.2. The highest BCUT2D eigenvalue weighted by Crippen LogP contribution is 2.77. The SMILES string of the molecule is CC(C)C1=C2C3CC[C@@H]4[C@@]5(C)CC[C@H](OC(=O)CC(C)(C)C(=O)O)C(C)(C)[C@@H]5CC[C@@]4(C)[C@]3(C)CC[C@@]2(c2cc(=O)n(-c3ccc(Cl)cc3)n2CCN(C)C)CC1. The van der Waals surface area contributed by atoms with E-state index in [0.29, 0.717) is 28.7 Å². The zero-order chi connectivity index (χ0) is 41.7. The standard InChI is InChI=1S/C48H70ClN3O5/c1-30(2)33-18-23-48(37-28-39(53)52(51(37)27-26-50(10)11)32-14-12-31(49)13-15-32)25-24-46(8)34(41(33)48)16-17-36-45(7)21-20-38(57-40(54)29-43(3,4)42(55)56)44(5,6)35(45)19-22-47(36,46)9/h12-15,28,30,34-36,38H,16-27,29H2,1-11H3,(H,55,56)/t34?,35-,36+,38-,45-,46+,47+,48+/m0/s1. The van der Waals surface area contributed by atoms with Gasteiger partial charge in [-0.2, -0.15) is 0 Å². The number of nitrogens with zero attached hydrogens (tertiary/aromatic N) is 3. The lowest BCUT2D eigenvalue weighted by Gasteiger charge is -2.72. The molecule has 1 N–H and O–H groups in total. The normalized spacial score (nSPS) is 34.8. The van der Waals surface area contributed by atoms with Gasteiger partial charge < -0.3 is 14.7 Å². The van der Waals surface area contributed by atoms with Crippen molar-refractivity contribution in [1.29, 1.82) is 0 Å². The van der Waals surface area contributed by atoms with E-state index in [-0.39, 0.29) is 45.2 Å². The van der Waals surface area contributed by atoms with Crippen LogP contribution in [0.2, 0.25) is 5.02 Å². The van der Waals surface area contributed by atoms with E-state index in [1.54, 1.807) is 25.0 Å². The summed E-state index contributed by atoms with van der Waals surface area (Å²) in [4.78, 5) is 41.5. The van der Waals surface area contributed by atoms with Crippen LogP contribution in [0.15, 0.2) is 46.3 Å². The molecular weight excluding hydrogens is 734 g/mol. The van der Waals surface area contributed by atoms with Gasteiger partial charge in [-0.1, -0.05) is 71.2 Å². The molecule has 314 valence electrons. The van der Waals surface area contributed by atoms with Crippen molar-refractivity contribution in [2.75, 3.05) is 20.6 Å². The molecule has 8 atom stereocenters. The molecule has 0 amide bonds. The van der Waals surface area contributed by atoms with Crippen molar-refractivity contribution >= 4 is 23.5 Å². The van der Waals surface area contributed by atoms with Crippen molar-refractivity contribution in [2.24, 2.45) is 50.7 Å². The number of allylic oxidation sites excluding steroid dienone is 2. The number of carbonyl (C=O) groups excluding carboxylic acids is 1. The van der Waals surface area contributed by atoms with Gasteiger partial charge in [0, 0.05) is 28.5 Å². The molecule has 5 aliphatic rings. The summed E-state index contributed by atoms with van der Waals surface area (Å²) in [6.07, 6.45) is 10.4. The van der Waals surface area contributed by atoms with E-state index >= 15 is 0 Å². The van der Waals surface area contributed by atoms with Gasteiger partial charge in [0.1, 0.15) is 6.10 Å². The quantitative estimate of drug-likeness (QED) is 0.190. The number of carboxylic acids is 1. The van der Waals surface area contributed by atoms with E-state index in [1.807, 2.05) is 35.0 Å². The van der Waals surface area contributed by atoms with Crippen molar-refractivity contribution in [3.63, 3.8) is 0 Å². The van der Waals surface area contributed by atoms with Crippen molar-refractivity contribution in [3.05, 3.63) is 62.5 Å². The number of esters is 1. The first kappa shape index (κ1) is 42.3. The molecule has 8 nitrogen and oxygen atoms in total. The number of carbonyl (C=O) groups is 2. The van der Waals surface area contributed by atoms with Gasteiger partial charge >= 0.3 is 11.9 Å². The summed E-state index contributed by atoms with van der Waals surface area (Å²) in [5.41, 5.74) is 4.19. The predicted molar refractivity (Wildman–Crippen MR) is 228 cm³/mol. The van der Waals surface area contributed by atoms with Crippen LogP contribution in [0.5, 0.6) is 0 Å². The minimum atomic E-state index is -1.16. The zero-order valence-electron chi connectivity index (χ0n) is 36.8. The van der Waals surface area contributed by atoms with Crippen molar-refractivity contribution < 1.29 is 19.4 Å². The number of benzene rings is 1. The molecule has 0 aliphatic heterocycles. The van der Waals surface area contributed by atoms with Crippen molar-refractivity contribution in [1.82, 2.24) is 14.3 Å². The van der Waals surface area contributed by atoms with Gasteiger partial charge in [-0.25, -0.2) is 4.68 Å². The maximum atomic E-state index is 14.2. The lowest BCUT2D eigenvalue weighted by molar-refractivity contribution is -0.232. The van der Waals surface area contributed by atoms with E-state index in [4.69, 9.17) is 16.3 Å². The van der Waals surface area contributed by atoms with Crippen LogP contribution in [0.1, 0.15) is 139 Å². The van der Waals surface area contributed by atoms with Crippen molar-refractivity contribution in [2.45, 2.75) is 151 Å². The van der Waals surface area contributed by atoms with Gasteiger partial charge in [0.25, 0.3) is 5.56 Å². The van der Waals surface area contributed by atoms with Gasteiger partial charge in [0.15, 0.2) is 0 Å². The van der Waals surface area contributed by atoms with Crippen molar-refractivity contribution in [3.8, 4) is 5.69 Å². The van der Waals surface area contributed by atoms with Gasteiger partial charge in [-0.05, 0) is 156 Å². The molecule has 0 saturated heterocycles. The molecule has 7 rings (SSSR count). The van der Waals surface area contributed by atoms with Crippen LogP contribution in [0.25, 0.3) is 5.69 Å². The van der Waals surface area contributed by atoms with E-state index in [1.165, 1.54) is 12.1 Å². The molecule has 57 heavy (non-hydrogen) atoms. The molecule has 2 aromatic rings. The lowest BCUT2D eigenvalue weighted by atomic mass is 9.33. The number of halogens is 1. The highest BCUT2D eigenvalue weighted by Gasteiger charge is 2.70. The fraction of sp³-hybridized carbons (Fsp3) is 0.729. The Morgan fingerprint density at radius 3 is 2.25 bits per heavy atom. The molecule has 1 heterocycles. The number of fused-ring (bicyclic) bond motifs is 7. The number of rotatable bonds is 10. The third-order valence-electron chi connectivity index (χ3n) is 17.4. The van der Waals surface area contributed by atoms with Gasteiger partial charge in [0.05, 0.1) is 29.8 Å². The highest BCUT2D eigenvalue weighted by atomic mass is 35.5. The number of ether oxygens (including phenoxy) is 1. The number of hydrogen-bond acceptors (Lipinski definition) is 5. The van der Waals surface area contributed by atoms with Gasteiger partial charge in [0.2, 0.25) is 0 Å². The molecule has 0 spiro atoms. The van der Waals surface area contributed by atoms with Gasteiger partial charge in [-0.3, -0.25) is 19.1 Å². The second-order valence-electron chi connectivity index (χ2n) is 21.6. The molecule has 0 radical (unpaired) electrons. The first-order valence-corrected chi connectivity index (χ1v) is 22.3. The van der Waals surface area contributed by atoms with Crippen LogP contribution in [0, 0.1) is 50.7 Å². The predicted octanol–water partition coefficient (Wildman–Crippen LogP) is 10.3. The maximum Gasteiger partial charge on any atom is 0.309 e. The van der Waals surface area contributed by atoms with Crippen LogP contribution < -0.4 is 5.56 Å². The summed E-state index contributed by atoms with van der Waals surface area (Å²) in [5, 5.41) is 10.3. The monoisotopic (exact) mass is 804 g/mol. The molecule has 5 aliphatic carbocycles. The minimum absolute atomic E-state index is 0.0301. The minimum Gasteiger partial charge on any atom is -0.481 e. The first-order chi connectivity index (χ1) is 26.5. The van der Waals surface area contributed by atoms with E-state index in [2.05, 4.69) is 72.1 Å². The molecule has 0 bridgehead atoms. The molecule has 1 aromatic heterocycles. The van der Waals surface area contributed by atoms with Crippen LogP contribution in [-0.2, 0) is 26.3 Å². The smallest absolute Gasteiger partial charge is 0.309 e. The Morgan fingerprint density at radius 1 is 0.930 bits per heavy atom. The first-order valence-electron chi connectivity index (χ1n) is 21.9. The fourth-order valence-electron chi connectivity index (χ4n) is 14.1. The summed E-state index contributed by atoms with van der Waals surface area (Å²) in [6, 6.07) is 9.69. The Labute approximate surface area is 346 Å². The van der Waals surface area contributed by atoms with E-state index in [0.717, 1.165) is 76.6 Å². The maximum absolute atomic E-state index is 14.2. The molecule has 1 aromatic carbocycles. The summed E-state index contributed by atoms with van der Waals surface area (Å²) in [5.74, 6) is 0.475. The Kier molecular flexibility index (Phi) is 10.7. The average molecular weight is 805 g/mol.